The average Bonchev–Trinajstić information content (AvgIpc) is 2.85. The van der Waals surface area contributed by atoms with E-state index in [0.717, 1.165) is 39.4 Å². The largest absolute Gasteiger partial charge is 0.379 e. The van der Waals surface area contributed by atoms with Gasteiger partial charge in [-0.2, -0.15) is 0 Å². The third kappa shape index (κ3) is 3.42. The summed E-state index contributed by atoms with van der Waals surface area (Å²) < 4.78 is 7.89. The fourth-order valence-corrected chi connectivity index (χ4v) is 3.19. The van der Waals surface area contributed by atoms with E-state index in [1.165, 1.54) is 28.9 Å². The Bertz CT molecular complexity index is 597. The molecule has 3 nitrogen and oxygen atoms in total. The van der Waals surface area contributed by atoms with Crippen molar-refractivity contribution in [2.24, 2.45) is 0 Å². The van der Waals surface area contributed by atoms with Crippen LogP contribution in [-0.4, -0.2) is 42.3 Å². The van der Waals surface area contributed by atoms with Gasteiger partial charge in [0.2, 0.25) is 0 Å². The second-order valence-corrected chi connectivity index (χ2v) is 6.12. The summed E-state index contributed by atoms with van der Waals surface area (Å²) in [6.45, 7) is 10.6. The Morgan fingerprint density at radius 3 is 2.45 bits per heavy atom. The van der Waals surface area contributed by atoms with Crippen molar-refractivity contribution < 1.29 is 4.74 Å². The fraction of sp³-hybridized carbons (Fsp3) is 0.474. The molecule has 2 heterocycles. The van der Waals surface area contributed by atoms with Gasteiger partial charge in [-0.3, -0.25) is 4.90 Å². The van der Waals surface area contributed by atoms with Gasteiger partial charge >= 0.3 is 0 Å². The van der Waals surface area contributed by atoms with Crippen LogP contribution in [-0.2, 0) is 11.3 Å². The van der Waals surface area contributed by atoms with Crippen LogP contribution < -0.4 is 0 Å². The molecule has 1 saturated heterocycles. The number of morpholine rings is 1. The molecule has 0 radical (unpaired) electrons. The Morgan fingerprint density at radius 2 is 1.73 bits per heavy atom. The van der Waals surface area contributed by atoms with E-state index in [2.05, 4.69) is 59.7 Å². The first kappa shape index (κ1) is 15.3. The van der Waals surface area contributed by atoms with Crippen LogP contribution in [0.5, 0.6) is 0 Å². The number of ether oxygens (including phenoxy) is 1. The summed E-state index contributed by atoms with van der Waals surface area (Å²) in [6, 6.07) is 13.0. The molecule has 0 N–H and O–H groups in total. The van der Waals surface area contributed by atoms with Gasteiger partial charge in [-0.25, -0.2) is 0 Å². The second-order valence-electron chi connectivity index (χ2n) is 6.12. The highest BCUT2D eigenvalue weighted by Gasteiger charge is 2.13. The van der Waals surface area contributed by atoms with E-state index >= 15 is 0 Å². The topological polar surface area (TPSA) is 17.4 Å². The highest BCUT2D eigenvalue weighted by Crippen LogP contribution is 2.25. The van der Waals surface area contributed by atoms with Crippen LogP contribution in [0.3, 0.4) is 0 Å². The Hall–Kier alpha value is -1.58. The van der Waals surface area contributed by atoms with Crippen LogP contribution in [0.2, 0.25) is 0 Å². The molecular formula is C19H26N2O. The van der Waals surface area contributed by atoms with E-state index in [-0.39, 0.29) is 0 Å². The van der Waals surface area contributed by atoms with Gasteiger partial charge in [-0.1, -0.05) is 30.3 Å². The van der Waals surface area contributed by atoms with Gasteiger partial charge in [0, 0.05) is 37.6 Å². The van der Waals surface area contributed by atoms with E-state index in [0.29, 0.717) is 0 Å². The molecule has 1 aromatic carbocycles. The molecular weight excluding hydrogens is 272 g/mol. The van der Waals surface area contributed by atoms with Crippen molar-refractivity contribution in [1.29, 1.82) is 0 Å². The van der Waals surface area contributed by atoms with Gasteiger partial charge in [0.1, 0.15) is 0 Å². The van der Waals surface area contributed by atoms with Crippen molar-refractivity contribution in [3.8, 4) is 11.3 Å². The Morgan fingerprint density at radius 1 is 1.00 bits per heavy atom. The summed E-state index contributed by atoms with van der Waals surface area (Å²) >= 11 is 0. The zero-order valence-corrected chi connectivity index (χ0v) is 13.7. The SMILES string of the molecule is Cc1cc(-c2ccccc2)n(CCCN2CCOCC2)c1C. The maximum atomic E-state index is 5.42. The Kier molecular flexibility index (Phi) is 4.96. The van der Waals surface area contributed by atoms with Crippen molar-refractivity contribution in [3.63, 3.8) is 0 Å². The number of hydrogen-bond donors (Lipinski definition) is 0. The van der Waals surface area contributed by atoms with Gasteiger partial charge < -0.3 is 9.30 Å². The van der Waals surface area contributed by atoms with Gasteiger partial charge in [0.05, 0.1) is 13.2 Å². The maximum Gasteiger partial charge on any atom is 0.0594 e. The molecule has 2 aromatic rings. The van der Waals surface area contributed by atoms with Crippen molar-refractivity contribution in [2.45, 2.75) is 26.8 Å². The summed E-state index contributed by atoms with van der Waals surface area (Å²) in [5, 5.41) is 0. The number of nitrogens with zero attached hydrogens (tertiary/aromatic N) is 2. The molecule has 22 heavy (non-hydrogen) atoms. The predicted octanol–water partition coefficient (Wildman–Crippen LogP) is 3.49. The lowest BCUT2D eigenvalue weighted by Gasteiger charge is -2.26. The molecule has 1 fully saturated rings. The molecule has 3 heteroatoms. The van der Waals surface area contributed by atoms with Gasteiger partial charge in [0.25, 0.3) is 0 Å². The van der Waals surface area contributed by atoms with Crippen LogP contribution >= 0.6 is 0 Å². The zero-order valence-electron chi connectivity index (χ0n) is 13.7. The number of benzene rings is 1. The van der Waals surface area contributed by atoms with Crippen LogP contribution in [0.25, 0.3) is 11.3 Å². The predicted molar refractivity (Wildman–Crippen MR) is 91.2 cm³/mol. The molecule has 0 aliphatic carbocycles. The average molecular weight is 298 g/mol. The monoisotopic (exact) mass is 298 g/mol. The minimum atomic E-state index is 0.886. The standard InChI is InChI=1S/C19H26N2O/c1-16-15-19(18-7-4-3-5-8-18)21(17(16)2)10-6-9-20-11-13-22-14-12-20/h3-5,7-8,15H,6,9-14H2,1-2H3. The molecule has 0 atom stereocenters. The molecule has 0 spiro atoms. The number of hydrogen-bond acceptors (Lipinski definition) is 2. The highest BCUT2D eigenvalue weighted by molar-refractivity contribution is 5.62. The third-order valence-electron chi connectivity index (χ3n) is 4.65. The van der Waals surface area contributed by atoms with E-state index in [1.54, 1.807) is 0 Å². The molecule has 1 aromatic heterocycles. The first-order valence-electron chi connectivity index (χ1n) is 8.28. The minimum absolute atomic E-state index is 0.886. The second kappa shape index (κ2) is 7.12. The fourth-order valence-electron chi connectivity index (χ4n) is 3.19. The Balaban J connectivity index is 1.70. The van der Waals surface area contributed by atoms with E-state index < -0.39 is 0 Å². The molecule has 3 rings (SSSR count). The lowest BCUT2D eigenvalue weighted by atomic mass is 10.1. The summed E-state index contributed by atoms with van der Waals surface area (Å²) in [5.74, 6) is 0. The zero-order chi connectivity index (χ0) is 15.4. The highest BCUT2D eigenvalue weighted by atomic mass is 16.5. The minimum Gasteiger partial charge on any atom is -0.379 e. The summed E-state index contributed by atoms with van der Waals surface area (Å²) in [5.41, 5.74) is 5.42. The van der Waals surface area contributed by atoms with Gasteiger partial charge in [-0.15, -0.1) is 0 Å². The van der Waals surface area contributed by atoms with Crippen LogP contribution in [0.15, 0.2) is 36.4 Å². The van der Waals surface area contributed by atoms with Crippen LogP contribution in [0, 0.1) is 13.8 Å². The molecule has 0 saturated carbocycles. The summed E-state index contributed by atoms with van der Waals surface area (Å²) in [7, 11) is 0. The van der Waals surface area contributed by atoms with E-state index in [4.69, 9.17) is 4.74 Å². The maximum absolute atomic E-state index is 5.42. The first-order chi connectivity index (χ1) is 10.8. The first-order valence-corrected chi connectivity index (χ1v) is 8.28. The molecule has 1 aliphatic heterocycles. The Labute approximate surface area is 133 Å². The number of aryl methyl sites for hydroxylation is 1. The summed E-state index contributed by atoms with van der Waals surface area (Å²) in [4.78, 5) is 2.51. The van der Waals surface area contributed by atoms with Crippen molar-refractivity contribution in [3.05, 3.63) is 47.7 Å². The van der Waals surface area contributed by atoms with Crippen LogP contribution in [0.4, 0.5) is 0 Å². The molecule has 118 valence electrons. The molecule has 0 amide bonds. The van der Waals surface area contributed by atoms with E-state index in [1.807, 2.05) is 0 Å². The van der Waals surface area contributed by atoms with Crippen molar-refractivity contribution in [2.75, 3.05) is 32.8 Å². The lowest BCUT2D eigenvalue weighted by Crippen LogP contribution is -2.37. The van der Waals surface area contributed by atoms with Crippen LogP contribution in [0.1, 0.15) is 17.7 Å². The summed E-state index contributed by atoms with van der Waals surface area (Å²) in [6.07, 6.45) is 1.19. The van der Waals surface area contributed by atoms with Crippen molar-refractivity contribution >= 4 is 0 Å². The molecule has 1 aliphatic rings. The molecule has 0 bridgehead atoms. The quantitative estimate of drug-likeness (QED) is 0.840. The van der Waals surface area contributed by atoms with Crippen molar-refractivity contribution in [1.82, 2.24) is 9.47 Å². The third-order valence-corrected chi connectivity index (χ3v) is 4.65. The lowest BCUT2D eigenvalue weighted by molar-refractivity contribution is 0.0369. The number of rotatable bonds is 5. The smallest absolute Gasteiger partial charge is 0.0594 e. The van der Waals surface area contributed by atoms with Gasteiger partial charge in [0.15, 0.2) is 0 Å². The van der Waals surface area contributed by atoms with Gasteiger partial charge in [-0.05, 0) is 37.5 Å². The normalized spacial score (nSPS) is 16.1. The molecule has 0 unspecified atom stereocenters. The number of aromatic nitrogens is 1. The van der Waals surface area contributed by atoms with E-state index in [9.17, 15) is 0 Å².